The van der Waals surface area contributed by atoms with Gasteiger partial charge in [0.1, 0.15) is 5.82 Å². The van der Waals surface area contributed by atoms with Gasteiger partial charge in [0.25, 0.3) is 0 Å². The first-order chi connectivity index (χ1) is 14.8. The van der Waals surface area contributed by atoms with Crippen LogP contribution in [0.25, 0.3) is 10.4 Å². The molecule has 2 heterocycles. The van der Waals surface area contributed by atoms with Crippen molar-refractivity contribution in [3.05, 3.63) is 33.2 Å². The molecular weight excluding hydrogens is 531 g/mol. The van der Waals surface area contributed by atoms with Crippen molar-refractivity contribution in [3.63, 3.8) is 0 Å². The highest BCUT2D eigenvalue weighted by Crippen LogP contribution is 2.66. The molecule has 1 fully saturated rings. The minimum absolute atomic E-state index is 0.138. The van der Waals surface area contributed by atoms with E-state index in [4.69, 9.17) is 30.7 Å². The number of anilines is 1. The lowest BCUT2D eigenvalue weighted by Crippen LogP contribution is -2.48. The zero-order valence-electron chi connectivity index (χ0n) is 15.4. The molecule has 33 heavy (non-hydrogen) atoms. The number of rotatable bonds is 9. The number of aromatic nitrogens is 2. The largest absolute Gasteiger partial charge is 0.490 e. The Morgan fingerprint density at radius 1 is 1.27 bits per heavy atom. The van der Waals surface area contributed by atoms with Crippen LogP contribution < -0.4 is 11.4 Å². The van der Waals surface area contributed by atoms with Crippen LogP contribution in [0.5, 0.6) is 0 Å². The number of nitrogen functional groups attached to an aromatic ring is 1. The summed E-state index contributed by atoms with van der Waals surface area (Å²) >= 11 is 0. The first-order valence-corrected chi connectivity index (χ1v) is 12.3. The summed E-state index contributed by atoms with van der Waals surface area (Å²) in [6.07, 6.45) is -5.18. The Bertz CT molecular complexity index is 1170. The summed E-state index contributed by atoms with van der Waals surface area (Å²) in [5, 5.41) is 12.8. The molecule has 1 saturated heterocycles. The van der Waals surface area contributed by atoms with E-state index < -0.39 is 59.7 Å². The number of aliphatic hydroxyl groups excluding tert-OH is 1. The molecule has 19 nitrogen and oxygen atoms in total. The fourth-order valence-electron chi connectivity index (χ4n) is 2.39. The van der Waals surface area contributed by atoms with Gasteiger partial charge in [0, 0.05) is 11.1 Å². The number of halogens is 2. The van der Waals surface area contributed by atoms with Gasteiger partial charge in [-0.2, -0.15) is 22.4 Å². The third-order valence-corrected chi connectivity index (χ3v) is 7.39. The third-order valence-electron chi connectivity index (χ3n) is 3.61. The first kappa shape index (κ1) is 27.4. The van der Waals surface area contributed by atoms with Gasteiger partial charge >= 0.3 is 35.1 Å². The molecular formula is C9H13F2N6O13P3. The highest BCUT2D eigenvalue weighted by molar-refractivity contribution is 7.66. The van der Waals surface area contributed by atoms with Crippen LogP contribution >= 0.6 is 23.5 Å². The van der Waals surface area contributed by atoms with Crippen LogP contribution in [-0.4, -0.2) is 58.6 Å². The van der Waals surface area contributed by atoms with Gasteiger partial charge in [-0.3, -0.25) is 9.09 Å². The van der Waals surface area contributed by atoms with Crippen LogP contribution in [0.4, 0.5) is 14.6 Å². The Kier molecular flexibility index (Phi) is 7.55. The first-order valence-electron chi connectivity index (χ1n) is 7.77. The van der Waals surface area contributed by atoms with E-state index in [1.54, 1.807) is 0 Å². The van der Waals surface area contributed by atoms with Crippen LogP contribution in [0, 0.1) is 0 Å². The van der Waals surface area contributed by atoms with Crippen LogP contribution in [0.1, 0.15) is 6.23 Å². The molecule has 7 N–H and O–H groups in total. The van der Waals surface area contributed by atoms with Crippen molar-refractivity contribution in [3.8, 4) is 0 Å². The fraction of sp³-hybridized carbons (Fsp3) is 0.556. The number of nitrogens with zero attached hydrogens (tertiary/aromatic N) is 5. The van der Waals surface area contributed by atoms with Crippen LogP contribution in [-0.2, 0) is 31.6 Å². The molecule has 0 spiro atoms. The van der Waals surface area contributed by atoms with E-state index in [1.165, 1.54) is 0 Å². The average Bonchev–Trinajstić information content (AvgIpc) is 2.79. The zero-order chi connectivity index (χ0) is 25.5. The lowest BCUT2D eigenvalue weighted by Gasteiger charge is -2.27. The summed E-state index contributed by atoms with van der Waals surface area (Å²) in [7, 11) is -17.6. The van der Waals surface area contributed by atoms with E-state index in [0.717, 1.165) is 6.07 Å². The van der Waals surface area contributed by atoms with Gasteiger partial charge in [0.15, 0.2) is 6.10 Å². The van der Waals surface area contributed by atoms with Gasteiger partial charge in [0.05, 0.1) is 6.61 Å². The van der Waals surface area contributed by atoms with Gasteiger partial charge < -0.3 is 35.2 Å². The van der Waals surface area contributed by atoms with Crippen LogP contribution in [0.3, 0.4) is 0 Å². The molecule has 186 valence electrons. The van der Waals surface area contributed by atoms with E-state index in [2.05, 4.69) is 28.2 Å². The van der Waals surface area contributed by atoms with Crippen molar-refractivity contribution < 1.29 is 65.0 Å². The normalized spacial score (nSPS) is 28.5. The Labute approximate surface area is 179 Å². The van der Waals surface area contributed by atoms with E-state index in [1.807, 2.05) is 0 Å². The van der Waals surface area contributed by atoms with Crippen molar-refractivity contribution >= 4 is 29.3 Å². The van der Waals surface area contributed by atoms with Gasteiger partial charge in [-0.05, 0) is 11.6 Å². The van der Waals surface area contributed by atoms with Gasteiger partial charge in [0.2, 0.25) is 12.0 Å². The number of nitrogens with two attached hydrogens (primary N) is 1. The average molecular weight is 544 g/mol. The van der Waals surface area contributed by atoms with Crippen molar-refractivity contribution in [2.45, 2.75) is 24.0 Å². The summed E-state index contributed by atoms with van der Waals surface area (Å²) in [6, 6.07) is 0.896. The maximum atomic E-state index is 14.7. The van der Waals surface area contributed by atoms with Crippen molar-refractivity contribution in [1.82, 2.24) is 9.55 Å². The minimum Gasteiger partial charge on any atom is -0.383 e. The van der Waals surface area contributed by atoms with Crippen LogP contribution in [0.2, 0.25) is 0 Å². The molecule has 0 amide bonds. The van der Waals surface area contributed by atoms with Crippen LogP contribution in [0.15, 0.2) is 22.2 Å². The zero-order valence-corrected chi connectivity index (χ0v) is 18.1. The number of hydrogen-bond donors (Lipinski definition) is 6. The predicted molar refractivity (Wildman–Crippen MR) is 95.7 cm³/mol. The topological polar surface area (TPSA) is 299 Å². The fourth-order valence-corrected chi connectivity index (χ4v) is 5.43. The third kappa shape index (κ3) is 6.40. The Morgan fingerprint density at radius 2 is 1.88 bits per heavy atom. The summed E-state index contributed by atoms with van der Waals surface area (Å²) in [5.74, 6) is -4.80. The molecule has 2 rings (SSSR count). The molecule has 1 aromatic rings. The summed E-state index contributed by atoms with van der Waals surface area (Å²) in [4.78, 5) is 52.7. The molecule has 5 atom stereocenters. The number of phosphoric acid groups is 3. The molecule has 0 saturated carbocycles. The molecule has 24 heteroatoms. The molecule has 1 aromatic heterocycles. The lowest BCUT2D eigenvalue weighted by molar-refractivity contribution is -0.144. The molecule has 0 radical (unpaired) electrons. The number of hydrogen-bond acceptors (Lipinski definition) is 12. The second kappa shape index (κ2) is 9.09. The van der Waals surface area contributed by atoms with Crippen molar-refractivity contribution in [1.29, 1.82) is 0 Å². The Hall–Kier alpha value is -1.82. The van der Waals surface area contributed by atoms with E-state index in [9.17, 15) is 37.3 Å². The van der Waals surface area contributed by atoms with Gasteiger partial charge in [-0.25, -0.2) is 18.5 Å². The monoisotopic (exact) mass is 544 g/mol. The summed E-state index contributed by atoms with van der Waals surface area (Å²) in [6.45, 7) is -1.77. The number of aliphatic hydroxyl groups is 1. The number of ether oxygens (including phenoxy) is 1. The number of alkyl halides is 2. The molecule has 1 aliphatic rings. The Balaban J connectivity index is 2.35. The molecule has 1 aliphatic heterocycles. The Morgan fingerprint density at radius 3 is 2.39 bits per heavy atom. The highest BCUT2D eigenvalue weighted by atomic mass is 31.3. The summed E-state index contributed by atoms with van der Waals surface area (Å²) < 4.78 is 79.1. The minimum atomic E-state index is -5.97. The number of phosphoric ester groups is 1. The van der Waals surface area contributed by atoms with E-state index in [0.29, 0.717) is 6.20 Å². The second-order valence-electron chi connectivity index (χ2n) is 5.99. The second-order valence-corrected chi connectivity index (χ2v) is 10.4. The maximum Gasteiger partial charge on any atom is 0.490 e. The number of azide groups is 1. The lowest BCUT2D eigenvalue weighted by atomic mass is 10.1. The molecule has 0 aromatic carbocycles. The quantitative estimate of drug-likeness (QED) is 0.101. The maximum absolute atomic E-state index is 14.7. The molecule has 0 aliphatic carbocycles. The van der Waals surface area contributed by atoms with E-state index in [-0.39, 0.29) is 10.4 Å². The molecule has 0 bridgehead atoms. The smallest absolute Gasteiger partial charge is 0.383 e. The van der Waals surface area contributed by atoms with Gasteiger partial charge in [-0.15, -0.1) is 0 Å². The SMILES string of the molecule is [N-]=[N+]=NC1(COP(=O)(O)OP(=O)(O)OP(=O)(O)O)O[C@@H](n2ccc(N)nc2=O)C(F)(F)[C@@H]1O. The highest BCUT2D eigenvalue weighted by Gasteiger charge is 2.67. The standard InChI is InChI=1S/C9H13F2N6O13P3/c10-9(11)5(18)8(15-16-13,28-6(9)17-2-1-4(12)14-7(17)19)3-27-32(23,24)30-33(25,26)29-31(20,21)22/h1-2,5-6,18H,3H2,(H,23,24)(H,25,26)(H2,12,14,19)(H2,20,21,22)/t5-,6-,8?/m1/s1. The molecule has 3 unspecified atom stereocenters. The van der Waals surface area contributed by atoms with E-state index >= 15 is 0 Å². The summed E-state index contributed by atoms with van der Waals surface area (Å²) in [5.41, 5.74) is 9.30. The van der Waals surface area contributed by atoms with Crippen molar-refractivity contribution in [2.75, 3.05) is 12.3 Å². The predicted octanol–water partition coefficient (Wildman–Crippen LogP) is -0.300. The van der Waals surface area contributed by atoms with Crippen molar-refractivity contribution in [2.24, 2.45) is 5.11 Å². The van der Waals surface area contributed by atoms with Gasteiger partial charge in [-0.1, -0.05) is 5.11 Å².